The Kier molecular flexibility index (Phi) is 4.63. The molecule has 0 saturated heterocycles. The molecule has 1 N–H and O–H groups in total. The van der Waals surface area contributed by atoms with Crippen LogP contribution in [0.2, 0.25) is 0 Å². The lowest BCUT2D eigenvalue weighted by molar-refractivity contribution is -0.118. The number of carbonyl (C=O) groups is 1. The van der Waals surface area contributed by atoms with E-state index in [0.717, 1.165) is 6.42 Å². The average molecular weight is 226 g/mol. The molecule has 1 aromatic carbocycles. The molecule has 3 heteroatoms. The lowest BCUT2D eigenvalue weighted by atomic mass is 10.0. The van der Waals surface area contributed by atoms with E-state index >= 15 is 0 Å². The molecule has 0 aromatic heterocycles. The molecule has 0 saturated carbocycles. The normalized spacial score (nSPS) is 10.1. The van der Waals surface area contributed by atoms with Crippen LogP contribution in [0.5, 0.6) is 0 Å². The first-order valence-electron chi connectivity index (χ1n) is 5.02. The van der Waals surface area contributed by atoms with Crippen molar-refractivity contribution in [2.45, 2.75) is 20.3 Å². The largest absolute Gasteiger partial charge is 0.355 e. The van der Waals surface area contributed by atoms with Gasteiger partial charge in [0.15, 0.2) is 0 Å². The zero-order valence-corrected chi connectivity index (χ0v) is 9.90. The molecule has 0 spiro atoms. The Morgan fingerprint density at radius 3 is 2.67 bits per heavy atom. The lowest BCUT2D eigenvalue weighted by Crippen LogP contribution is -2.26. The van der Waals surface area contributed by atoms with E-state index in [9.17, 15) is 4.79 Å². The van der Waals surface area contributed by atoms with Crippen molar-refractivity contribution in [3.8, 4) is 0 Å². The fourth-order valence-electron chi connectivity index (χ4n) is 1.35. The van der Waals surface area contributed by atoms with Gasteiger partial charge in [0.05, 0.1) is 0 Å². The first-order chi connectivity index (χ1) is 7.13. The summed E-state index contributed by atoms with van der Waals surface area (Å²) in [4.78, 5) is 10.9. The number of halogens is 1. The van der Waals surface area contributed by atoms with Crippen LogP contribution in [-0.4, -0.2) is 18.3 Å². The molecular formula is C12H16ClNO. The first kappa shape index (κ1) is 12.1. The van der Waals surface area contributed by atoms with Crippen molar-refractivity contribution in [1.82, 2.24) is 5.32 Å². The minimum atomic E-state index is -0.111. The average Bonchev–Trinajstić information content (AvgIpc) is 2.23. The van der Waals surface area contributed by atoms with E-state index in [1.807, 2.05) is 0 Å². The molecule has 0 aliphatic heterocycles. The third kappa shape index (κ3) is 3.92. The molecule has 0 heterocycles. The Morgan fingerprint density at radius 2 is 2.07 bits per heavy atom. The van der Waals surface area contributed by atoms with Gasteiger partial charge in [-0.3, -0.25) is 4.79 Å². The molecule has 0 atom stereocenters. The van der Waals surface area contributed by atoms with Crippen LogP contribution >= 0.6 is 11.6 Å². The Balaban J connectivity index is 2.44. The van der Waals surface area contributed by atoms with Gasteiger partial charge in [-0.15, -0.1) is 11.6 Å². The molecule has 0 bridgehead atoms. The van der Waals surface area contributed by atoms with Crippen LogP contribution in [0.15, 0.2) is 18.2 Å². The molecule has 0 aliphatic rings. The number of amides is 1. The molecule has 0 aliphatic carbocycles. The maximum absolute atomic E-state index is 10.9. The Hall–Kier alpha value is -1.02. The zero-order valence-electron chi connectivity index (χ0n) is 9.14. The van der Waals surface area contributed by atoms with Gasteiger partial charge < -0.3 is 5.32 Å². The van der Waals surface area contributed by atoms with Crippen LogP contribution in [0.4, 0.5) is 0 Å². The van der Waals surface area contributed by atoms with E-state index in [2.05, 4.69) is 37.4 Å². The van der Waals surface area contributed by atoms with Gasteiger partial charge in [0.1, 0.15) is 5.88 Å². The summed E-state index contributed by atoms with van der Waals surface area (Å²) in [5.41, 5.74) is 3.83. The van der Waals surface area contributed by atoms with Gasteiger partial charge in [0.2, 0.25) is 5.91 Å². The quantitative estimate of drug-likeness (QED) is 0.783. The van der Waals surface area contributed by atoms with Crippen LogP contribution in [-0.2, 0) is 11.2 Å². The monoisotopic (exact) mass is 225 g/mol. The van der Waals surface area contributed by atoms with Crippen molar-refractivity contribution in [2.24, 2.45) is 0 Å². The fraction of sp³-hybridized carbons (Fsp3) is 0.417. The molecule has 82 valence electrons. The summed E-state index contributed by atoms with van der Waals surface area (Å²) in [7, 11) is 0. The Bertz CT molecular complexity index is 349. The SMILES string of the molecule is Cc1ccc(CCNC(=O)CCl)cc1C. The maximum atomic E-state index is 10.9. The summed E-state index contributed by atoms with van der Waals surface area (Å²) in [6.45, 7) is 4.83. The molecule has 1 amide bonds. The topological polar surface area (TPSA) is 29.1 Å². The van der Waals surface area contributed by atoms with Gasteiger partial charge in [-0.25, -0.2) is 0 Å². The fourth-order valence-corrected chi connectivity index (χ4v) is 1.45. The van der Waals surface area contributed by atoms with Crippen molar-refractivity contribution in [3.05, 3.63) is 34.9 Å². The van der Waals surface area contributed by atoms with Crippen LogP contribution < -0.4 is 5.32 Å². The molecule has 0 unspecified atom stereocenters. The number of hydrogen-bond acceptors (Lipinski definition) is 1. The van der Waals surface area contributed by atoms with Crippen molar-refractivity contribution >= 4 is 17.5 Å². The number of benzene rings is 1. The van der Waals surface area contributed by atoms with Gasteiger partial charge in [0, 0.05) is 6.54 Å². The van der Waals surface area contributed by atoms with E-state index in [-0.39, 0.29) is 11.8 Å². The van der Waals surface area contributed by atoms with E-state index in [1.54, 1.807) is 0 Å². The van der Waals surface area contributed by atoms with Crippen molar-refractivity contribution in [1.29, 1.82) is 0 Å². The molecular weight excluding hydrogens is 210 g/mol. The summed E-state index contributed by atoms with van der Waals surface area (Å²) in [5, 5.41) is 2.74. The third-order valence-corrected chi connectivity index (χ3v) is 2.67. The molecule has 0 fully saturated rings. The summed E-state index contributed by atoms with van der Waals surface area (Å²) in [6, 6.07) is 6.35. The second kappa shape index (κ2) is 5.76. The second-order valence-electron chi connectivity index (χ2n) is 3.65. The van der Waals surface area contributed by atoms with Gasteiger partial charge in [0.25, 0.3) is 0 Å². The number of alkyl halides is 1. The molecule has 15 heavy (non-hydrogen) atoms. The van der Waals surface area contributed by atoms with Gasteiger partial charge in [-0.05, 0) is 37.0 Å². The van der Waals surface area contributed by atoms with E-state index in [0.29, 0.717) is 6.54 Å². The number of carbonyl (C=O) groups excluding carboxylic acids is 1. The van der Waals surface area contributed by atoms with E-state index in [4.69, 9.17) is 11.6 Å². The van der Waals surface area contributed by atoms with Gasteiger partial charge >= 0.3 is 0 Å². The highest BCUT2D eigenvalue weighted by Gasteiger charge is 1.99. The number of rotatable bonds is 4. The van der Waals surface area contributed by atoms with Crippen molar-refractivity contribution in [3.63, 3.8) is 0 Å². The van der Waals surface area contributed by atoms with Crippen LogP contribution in [0.1, 0.15) is 16.7 Å². The summed E-state index contributed by atoms with van der Waals surface area (Å²) >= 11 is 5.37. The minimum absolute atomic E-state index is 0.0346. The van der Waals surface area contributed by atoms with E-state index < -0.39 is 0 Å². The minimum Gasteiger partial charge on any atom is -0.355 e. The van der Waals surface area contributed by atoms with Crippen LogP contribution in [0, 0.1) is 13.8 Å². The second-order valence-corrected chi connectivity index (χ2v) is 3.92. The van der Waals surface area contributed by atoms with Gasteiger partial charge in [-0.2, -0.15) is 0 Å². The smallest absolute Gasteiger partial charge is 0.234 e. The van der Waals surface area contributed by atoms with Crippen LogP contribution in [0.25, 0.3) is 0 Å². The highest BCUT2D eigenvalue weighted by atomic mass is 35.5. The standard InChI is InChI=1S/C12H16ClNO/c1-9-3-4-11(7-10(9)2)5-6-14-12(15)8-13/h3-4,7H,5-6,8H2,1-2H3,(H,14,15). The lowest BCUT2D eigenvalue weighted by Gasteiger charge is -2.06. The van der Waals surface area contributed by atoms with Crippen molar-refractivity contribution in [2.75, 3.05) is 12.4 Å². The first-order valence-corrected chi connectivity index (χ1v) is 5.55. The van der Waals surface area contributed by atoms with Gasteiger partial charge in [-0.1, -0.05) is 18.2 Å². The predicted octanol–water partition coefficient (Wildman–Crippen LogP) is 2.20. The summed E-state index contributed by atoms with van der Waals surface area (Å²) in [5.74, 6) is -0.0760. The Morgan fingerprint density at radius 1 is 1.33 bits per heavy atom. The highest BCUT2D eigenvalue weighted by Crippen LogP contribution is 2.09. The molecule has 1 aromatic rings. The van der Waals surface area contributed by atoms with Crippen LogP contribution in [0.3, 0.4) is 0 Å². The van der Waals surface area contributed by atoms with Crippen molar-refractivity contribution < 1.29 is 4.79 Å². The Labute approximate surface area is 95.6 Å². The molecule has 1 rings (SSSR count). The number of hydrogen-bond donors (Lipinski definition) is 1. The number of nitrogens with one attached hydrogen (secondary N) is 1. The zero-order chi connectivity index (χ0) is 11.3. The van der Waals surface area contributed by atoms with E-state index in [1.165, 1.54) is 16.7 Å². The predicted molar refractivity (Wildman–Crippen MR) is 63.3 cm³/mol. The number of aryl methyl sites for hydroxylation is 2. The summed E-state index contributed by atoms with van der Waals surface area (Å²) in [6.07, 6.45) is 0.851. The third-order valence-electron chi connectivity index (χ3n) is 2.43. The summed E-state index contributed by atoms with van der Waals surface area (Å²) < 4.78 is 0. The highest BCUT2D eigenvalue weighted by molar-refractivity contribution is 6.27. The molecule has 0 radical (unpaired) electrons. The maximum Gasteiger partial charge on any atom is 0.234 e. The molecule has 2 nitrogen and oxygen atoms in total.